The highest BCUT2D eigenvalue weighted by molar-refractivity contribution is 5.04. The summed E-state index contributed by atoms with van der Waals surface area (Å²) in [6, 6.07) is 0. The van der Waals surface area contributed by atoms with Gasteiger partial charge in [0.25, 0.3) is 0 Å². The van der Waals surface area contributed by atoms with Crippen LogP contribution in [0.2, 0.25) is 0 Å². The summed E-state index contributed by atoms with van der Waals surface area (Å²) in [7, 11) is 1.74. The van der Waals surface area contributed by atoms with Crippen LogP contribution in [0.25, 0.3) is 0 Å². The van der Waals surface area contributed by atoms with E-state index in [1.54, 1.807) is 11.9 Å². The molecule has 0 amide bonds. The Kier molecular flexibility index (Phi) is 1.23. The minimum absolute atomic E-state index is 0.250. The van der Waals surface area contributed by atoms with Gasteiger partial charge < -0.3 is 10.2 Å². The van der Waals surface area contributed by atoms with Crippen LogP contribution in [0.3, 0.4) is 0 Å². The van der Waals surface area contributed by atoms with Crippen molar-refractivity contribution in [2.75, 3.05) is 13.6 Å². The van der Waals surface area contributed by atoms with Gasteiger partial charge in [0.2, 0.25) is 0 Å². The molecule has 1 atom stereocenters. The minimum Gasteiger partial charge on any atom is -0.511 e. The fraction of sp³-hybridized carbons (Fsp3) is 0.600. The number of hydrogen-bond donors (Lipinski definition) is 2. The zero-order chi connectivity index (χ0) is 6.15. The normalized spacial score (nSPS) is 30.8. The van der Waals surface area contributed by atoms with Crippen LogP contribution in [0.15, 0.2) is 11.8 Å². The van der Waals surface area contributed by atoms with Crippen molar-refractivity contribution in [1.29, 1.82) is 0 Å². The standard InChI is InChI=1S/C5H9NO2/c1-6-3-4(7)2-5(6)8/h2,5,7-8H,3H2,1H3. The lowest BCUT2D eigenvalue weighted by atomic mass is 10.5. The molecule has 3 heteroatoms. The third-order valence-corrected chi connectivity index (χ3v) is 1.20. The Morgan fingerprint density at radius 1 is 1.88 bits per heavy atom. The third-order valence-electron chi connectivity index (χ3n) is 1.20. The molecule has 2 N–H and O–H groups in total. The van der Waals surface area contributed by atoms with E-state index < -0.39 is 6.23 Å². The Bertz CT molecular complexity index is 122. The van der Waals surface area contributed by atoms with E-state index in [2.05, 4.69) is 0 Å². The lowest BCUT2D eigenvalue weighted by Gasteiger charge is -2.10. The van der Waals surface area contributed by atoms with E-state index in [1.807, 2.05) is 0 Å². The van der Waals surface area contributed by atoms with Crippen molar-refractivity contribution in [2.45, 2.75) is 6.23 Å². The van der Waals surface area contributed by atoms with Gasteiger partial charge in [0.1, 0.15) is 12.0 Å². The van der Waals surface area contributed by atoms with Crippen molar-refractivity contribution >= 4 is 0 Å². The molecule has 0 aliphatic carbocycles. The Hall–Kier alpha value is -0.540. The van der Waals surface area contributed by atoms with Crippen LogP contribution < -0.4 is 0 Å². The molecule has 0 saturated heterocycles. The van der Waals surface area contributed by atoms with Gasteiger partial charge in [-0.05, 0) is 13.1 Å². The first kappa shape index (κ1) is 5.59. The molecule has 0 bridgehead atoms. The van der Waals surface area contributed by atoms with Crippen LogP contribution in [0.1, 0.15) is 0 Å². The van der Waals surface area contributed by atoms with Gasteiger partial charge in [-0.1, -0.05) is 0 Å². The summed E-state index contributed by atoms with van der Waals surface area (Å²) < 4.78 is 0. The summed E-state index contributed by atoms with van der Waals surface area (Å²) in [5, 5.41) is 17.6. The molecular formula is C5H9NO2. The van der Waals surface area contributed by atoms with E-state index in [9.17, 15) is 0 Å². The van der Waals surface area contributed by atoms with E-state index in [4.69, 9.17) is 10.2 Å². The van der Waals surface area contributed by atoms with Crippen molar-refractivity contribution in [3.63, 3.8) is 0 Å². The summed E-state index contributed by atoms with van der Waals surface area (Å²) in [5.41, 5.74) is 0. The Balaban J connectivity index is 2.56. The first-order valence-corrected chi connectivity index (χ1v) is 2.48. The lowest BCUT2D eigenvalue weighted by molar-refractivity contribution is 0.0824. The van der Waals surface area contributed by atoms with Crippen LogP contribution in [0.4, 0.5) is 0 Å². The maximum atomic E-state index is 8.86. The fourth-order valence-electron chi connectivity index (χ4n) is 0.701. The van der Waals surface area contributed by atoms with Crippen molar-refractivity contribution < 1.29 is 10.2 Å². The van der Waals surface area contributed by atoms with E-state index >= 15 is 0 Å². The van der Waals surface area contributed by atoms with Crippen LogP contribution in [-0.4, -0.2) is 34.9 Å². The molecule has 46 valence electrons. The molecule has 1 aliphatic heterocycles. The van der Waals surface area contributed by atoms with Crippen LogP contribution in [-0.2, 0) is 0 Å². The Labute approximate surface area is 47.9 Å². The van der Waals surface area contributed by atoms with Crippen molar-refractivity contribution in [3.8, 4) is 0 Å². The molecule has 0 spiro atoms. The van der Waals surface area contributed by atoms with E-state index in [-0.39, 0.29) is 5.76 Å². The molecule has 0 saturated carbocycles. The molecule has 0 aromatic rings. The predicted octanol–water partition coefficient (Wildman–Crippen LogP) is -0.308. The molecule has 8 heavy (non-hydrogen) atoms. The summed E-state index contributed by atoms with van der Waals surface area (Å²) in [6.45, 7) is 0.459. The highest BCUT2D eigenvalue weighted by Gasteiger charge is 2.16. The average molecular weight is 115 g/mol. The molecule has 0 radical (unpaired) electrons. The van der Waals surface area contributed by atoms with Crippen molar-refractivity contribution in [2.24, 2.45) is 0 Å². The second-order valence-corrected chi connectivity index (χ2v) is 1.99. The fourth-order valence-corrected chi connectivity index (χ4v) is 0.701. The minimum atomic E-state index is -0.588. The van der Waals surface area contributed by atoms with Crippen LogP contribution >= 0.6 is 0 Å². The topological polar surface area (TPSA) is 43.7 Å². The highest BCUT2D eigenvalue weighted by atomic mass is 16.3. The highest BCUT2D eigenvalue weighted by Crippen LogP contribution is 2.07. The molecule has 0 aromatic carbocycles. The quantitative estimate of drug-likeness (QED) is 0.455. The predicted molar refractivity (Wildman–Crippen MR) is 29.3 cm³/mol. The number of nitrogens with zero attached hydrogens (tertiary/aromatic N) is 1. The molecule has 1 rings (SSSR count). The van der Waals surface area contributed by atoms with E-state index in [1.165, 1.54) is 6.08 Å². The van der Waals surface area contributed by atoms with Crippen LogP contribution in [0, 0.1) is 0 Å². The smallest absolute Gasteiger partial charge is 0.130 e. The van der Waals surface area contributed by atoms with Crippen LogP contribution in [0.5, 0.6) is 0 Å². The summed E-state index contributed by atoms with van der Waals surface area (Å²) >= 11 is 0. The third kappa shape index (κ3) is 0.827. The van der Waals surface area contributed by atoms with Gasteiger partial charge in [0.15, 0.2) is 0 Å². The summed E-state index contributed by atoms with van der Waals surface area (Å²) in [6.07, 6.45) is 0.829. The molecular weight excluding hydrogens is 106 g/mol. The number of likely N-dealkylation sites (N-methyl/N-ethyl adjacent to an activating group) is 1. The second kappa shape index (κ2) is 1.76. The first-order valence-electron chi connectivity index (χ1n) is 2.48. The van der Waals surface area contributed by atoms with Gasteiger partial charge in [-0.25, -0.2) is 0 Å². The Morgan fingerprint density at radius 2 is 2.50 bits per heavy atom. The molecule has 1 unspecified atom stereocenters. The van der Waals surface area contributed by atoms with E-state index in [0.717, 1.165) is 0 Å². The maximum absolute atomic E-state index is 8.86. The molecule has 1 aliphatic rings. The monoisotopic (exact) mass is 115 g/mol. The second-order valence-electron chi connectivity index (χ2n) is 1.99. The van der Waals surface area contributed by atoms with Gasteiger partial charge in [0, 0.05) is 0 Å². The van der Waals surface area contributed by atoms with Crippen molar-refractivity contribution in [3.05, 3.63) is 11.8 Å². The number of hydrogen-bond acceptors (Lipinski definition) is 3. The summed E-state index contributed by atoms with van der Waals surface area (Å²) in [4.78, 5) is 1.63. The van der Waals surface area contributed by atoms with Gasteiger partial charge in [0.05, 0.1) is 6.54 Å². The average Bonchev–Trinajstić information content (AvgIpc) is 1.85. The molecule has 3 nitrogen and oxygen atoms in total. The zero-order valence-electron chi connectivity index (χ0n) is 4.70. The number of aliphatic hydroxyl groups is 2. The van der Waals surface area contributed by atoms with Crippen molar-refractivity contribution in [1.82, 2.24) is 4.90 Å². The molecule has 0 aromatic heterocycles. The first-order chi connectivity index (χ1) is 3.70. The zero-order valence-corrected chi connectivity index (χ0v) is 4.70. The lowest BCUT2D eigenvalue weighted by Crippen LogP contribution is -2.24. The molecule has 1 heterocycles. The molecule has 0 fully saturated rings. The number of rotatable bonds is 0. The SMILES string of the molecule is CN1CC(O)=CC1O. The van der Waals surface area contributed by atoms with Gasteiger partial charge >= 0.3 is 0 Å². The maximum Gasteiger partial charge on any atom is 0.130 e. The number of aliphatic hydroxyl groups excluding tert-OH is 2. The van der Waals surface area contributed by atoms with Gasteiger partial charge in [-0.3, -0.25) is 4.90 Å². The van der Waals surface area contributed by atoms with Gasteiger partial charge in [-0.2, -0.15) is 0 Å². The van der Waals surface area contributed by atoms with Gasteiger partial charge in [-0.15, -0.1) is 0 Å². The van der Waals surface area contributed by atoms with E-state index in [0.29, 0.717) is 6.54 Å². The largest absolute Gasteiger partial charge is 0.511 e. The summed E-state index contributed by atoms with van der Waals surface area (Å²) in [5.74, 6) is 0.250. The Morgan fingerprint density at radius 3 is 2.62 bits per heavy atom.